The fourth-order valence-electron chi connectivity index (χ4n) is 5.71. The maximum atomic E-state index is 15.5. The second-order valence-corrected chi connectivity index (χ2v) is 10.9. The van der Waals surface area contributed by atoms with Gasteiger partial charge >= 0.3 is 0 Å². The van der Waals surface area contributed by atoms with Crippen molar-refractivity contribution in [3.05, 3.63) is 84.4 Å². The molecule has 4 aromatic heterocycles. The highest BCUT2D eigenvalue weighted by Crippen LogP contribution is 2.43. The third-order valence-corrected chi connectivity index (χ3v) is 7.83. The molecule has 2 aliphatic rings. The van der Waals surface area contributed by atoms with E-state index in [-0.39, 0.29) is 16.3 Å². The van der Waals surface area contributed by atoms with E-state index < -0.39 is 11.6 Å². The lowest BCUT2D eigenvalue weighted by molar-refractivity contribution is -0.127. The van der Waals surface area contributed by atoms with Gasteiger partial charge in [0.15, 0.2) is 0 Å². The first-order chi connectivity index (χ1) is 20.4. The van der Waals surface area contributed by atoms with Gasteiger partial charge in [-0.2, -0.15) is 0 Å². The molecule has 1 aromatic carbocycles. The molecule has 0 radical (unpaired) electrons. The fourth-order valence-corrected chi connectivity index (χ4v) is 5.71. The van der Waals surface area contributed by atoms with E-state index in [0.29, 0.717) is 40.7 Å². The van der Waals surface area contributed by atoms with E-state index in [9.17, 15) is 4.39 Å². The lowest BCUT2D eigenvalue weighted by Gasteiger charge is -2.55. The molecule has 0 saturated carbocycles. The number of nitrogens with one attached hydrogen (secondary N) is 1. The Bertz CT molecular complexity index is 1810. The van der Waals surface area contributed by atoms with Crippen LogP contribution < -0.4 is 15.0 Å². The average Bonchev–Trinajstić information content (AvgIpc) is 2.94. The van der Waals surface area contributed by atoms with Gasteiger partial charge in [-0.25, -0.2) is 18.7 Å². The Labute approximate surface area is 241 Å². The predicted molar refractivity (Wildman–Crippen MR) is 157 cm³/mol. The molecule has 0 bridgehead atoms. The number of fused-ring (bicyclic) bond motifs is 1. The van der Waals surface area contributed by atoms with Crippen molar-refractivity contribution in [1.29, 1.82) is 0 Å². The molecule has 6 heterocycles. The monoisotopic (exact) mass is 566 g/mol. The largest absolute Gasteiger partial charge is 0.492 e. The number of hydrogen-bond donors (Lipinski definition) is 1. The molecule has 7 rings (SSSR count). The van der Waals surface area contributed by atoms with E-state index in [1.807, 2.05) is 44.2 Å². The highest BCUT2D eigenvalue weighted by atomic mass is 19.1. The summed E-state index contributed by atoms with van der Waals surface area (Å²) in [6.45, 7) is 7.51. The summed E-state index contributed by atoms with van der Waals surface area (Å²) in [6, 6.07) is 11.5. The van der Waals surface area contributed by atoms with Crippen LogP contribution in [0.15, 0.2) is 67.3 Å². The summed E-state index contributed by atoms with van der Waals surface area (Å²) in [6.07, 6.45) is 6.85. The van der Waals surface area contributed by atoms with Crippen molar-refractivity contribution >= 4 is 28.1 Å². The van der Waals surface area contributed by atoms with Gasteiger partial charge in [0.05, 0.1) is 65.1 Å². The minimum atomic E-state index is -0.707. The van der Waals surface area contributed by atoms with Crippen LogP contribution in [-0.4, -0.2) is 52.8 Å². The summed E-state index contributed by atoms with van der Waals surface area (Å²) in [5.41, 5.74) is 4.88. The molecular weight excluding hydrogens is 538 g/mol. The summed E-state index contributed by atoms with van der Waals surface area (Å²) in [4.78, 5) is 20.5. The van der Waals surface area contributed by atoms with Gasteiger partial charge in [-0.1, -0.05) is 6.07 Å². The van der Waals surface area contributed by atoms with E-state index in [2.05, 4.69) is 25.2 Å². The van der Waals surface area contributed by atoms with E-state index in [4.69, 9.17) is 14.5 Å². The number of benzene rings is 1. The summed E-state index contributed by atoms with van der Waals surface area (Å²) in [5, 5.41) is 3.69. The number of pyridine rings is 4. The third kappa shape index (κ3) is 4.57. The van der Waals surface area contributed by atoms with Crippen molar-refractivity contribution in [3.63, 3.8) is 0 Å². The van der Waals surface area contributed by atoms with Crippen LogP contribution in [0.4, 0.5) is 26.0 Å². The van der Waals surface area contributed by atoms with Crippen LogP contribution in [0.1, 0.15) is 12.5 Å². The molecule has 8 nitrogen and oxygen atoms in total. The van der Waals surface area contributed by atoms with E-state index in [1.54, 1.807) is 24.8 Å². The summed E-state index contributed by atoms with van der Waals surface area (Å²) < 4.78 is 41.0. The lowest BCUT2D eigenvalue weighted by atomic mass is 9.78. The molecule has 0 unspecified atom stereocenters. The zero-order valence-electron chi connectivity index (χ0n) is 23.2. The van der Waals surface area contributed by atoms with E-state index in [1.165, 1.54) is 6.07 Å². The zero-order chi connectivity index (χ0) is 28.8. The Balaban J connectivity index is 1.39. The Hall–Kier alpha value is -4.70. The van der Waals surface area contributed by atoms with Gasteiger partial charge in [-0.05, 0) is 32.0 Å². The number of rotatable bonds is 7. The van der Waals surface area contributed by atoms with Gasteiger partial charge in [0, 0.05) is 66.6 Å². The maximum Gasteiger partial charge on any atom is 0.138 e. The number of aromatic nitrogens is 4. The smallest absolute Gasteiger partial charge is 0.138 e. The number of halogens is 2. The van der Waals surface area contributed by atoms with E-state index in [0.717, 1.165) is 49.3 Å². The standard InChI is InChI=1S/C32H28F2N6O2/c1-3-42-22-8-20(12-35-13-22)23-14-37-28(40-15-32(16-40)17-41-18-32)11-26(23)38-31-19(2)30(25-6-4-5-7-36-25)39-27-10-21(33)9-24(34)29(27)31/h4-14H,3,15-18H2,1-2H3,(H,37,38,39). The van der Waals surface area contributed by atoms with Crippen LogP contribution in [0.25, 0.3) is 33.4 Å². The van der Waals surface area contributed by atoms with Crippen LogP contribution in [0.5, 0.6) is 5.75 Å². The number of anilines is 3. The minimum Gasteiger partial charge on any atom is -0.492 e. The second-order valence-electron chi connectivity index (χ2n) is 10.9. The molecule has 0 aliphatic carbocycles. The molecule has 1 spiro atoms. The van der Waals surface area contributed by atoms with Crippen molar-refractivity contribution in [2.45, 2.75) is 13.8 Å². The van der Waals surface area contributed by atoms with Gasteiger partial charge in [0.1, 0.15) is 23.2 Å². The van der Waals surface area contributed by atoms with Gasteiger partial charge in [-0.3, -0.25) is 9.97 Å². The van der Waals surface area contributed by atoms with Crippen LogP contribution >= 0.6 is 0 Å². The van der Waals surface area contributed by atoms with Gasteiger partial charge in [-0.15, -0.1) is 0 Å². The first-order valence-electron chi connectivity index (χ1n) is 13.8. The molecule has 2 aliphatic heterocycles. The first kappa shape index (κ1) is 26.2. The number of ether oxygens (including phenoxy) is 2. The van der Waals surface area contributed by atoms with Crippen molar-refractivity contribution in [1.82, 2.24) is 19.9 Å². The molecule has 10 heteroatoms. The Morgan fingerprint density at radius 2 is 1.90 bits per heavy atom. The minimum absolute atomic E-state index is 0.187. The van der Waals surface area contributed by atoms with Crippen LogP contribution in [0.2, 0.25) is 0 Å². The topological polar surface area (TPSA) is 85.3 Å². The van der Waals surface area contributed by atoms with E-state index >= 15 is 4.39 Å². The molecule has 212 valence electrons. The summed E-state index contributed by atoms with van der Waals surface area (Å²) in [7, 11) is 0. The highest BCUT2D eigenvalue weighted by molar-refractivity contribution is 5.99. The van der Waals surface area contributed by atoms with Crippen molar-refractivity contribution in [2.24, 2.45) is 5.41 Å². The summed E-state index contributed by atoms with van der Waals surface area (Å²) >= 11 is 0. The Morgan fingerprint density at radius 1 is 1.05 bits per heavy atom. The highest BCUT2D eigenvalue weighted by Gasteiger charge is 2.49. The Morgan fingerprint density at radius 3 is 2.64 bits per heavy atom. The van der Waals surface area contributed by atoms with Crippen LogP contribution in [-0.2, 0) is 4.74 Å². The molecule has 1 N–H and O–H groups in total. The Kier molecular flexibility index (Phi) is 6.42. The number of nitrogens with zero attached hydrogens (tertiary/aromatic N) is 5. The van der Waals surface area contributed by atoms with Crippen LogP contribution in [0.3, 0.4) is 0 Å². The molecule has 5 aromatic rings. The SMILES string of the molecule is CCOc1cncc(-c2cnc(N3CC4(COC4)C3)cc2Nc2c(C)c(-c3ccccn3)nc3cc(F)cc(F)c23)c1. The lowest BCUT2D eigenvalue weighted by Crippen LogP contribution is -2.66. The fraction of sp³-hybridized carbons (Fsp3) is 0.250. The zero-order valence-corrected chi connectivity index (χ0v) is 23.2. The van der Waals surface area contributed by atoms with Crippen molar-refractivity contribution < 1.29 is 18.3 Å². The van der Waals surface area contributed by atoms with Crippen LogP contribution in [0, 0.1) is 24.0 Å². The van der Waals surface area contributed by atoms with Gasteiger partial charge < -0.3 is 19.7 Å². The molecular formula is C32H28F2N6O2. The normalized spacial score (nSPS) is 15.4. The molecule has 2 saturated heterocycles. The van der Waals surface area contributed by atoms with Gasteiger partial charge in [0.2, 0.25) is 0 Å². The second kappa shape index (κ2) is 10.3. The van der Waals surface area contributed by atoms with Crippen molar-refractivity contribution in [3.8, 4) is 28.3 Å². The molecule has 42 heavy (non-hydrogen) atoms. The quantitative estimate of drug-likeness (QED) is 0.245. The number of hydrogen-bond acceptors (Lipinski definition) is 8. The average molecular weight is 567 g/mol. The third-order valence-electron chi connectivity index (χ3n) is 7.83. The van der Waals surface area contributed by atoms with Crippen molar-refractivity contribution in [2.75, 3.05) is 43.1 Å². The summed E-state index contributed by atoms with van der Waals surface area (Å²) in [5.74, 6) is 0.0113. The van der Waals surface area contributed by atoms with Gasteiger partial charge in [0.25, 0.3) is 0 Å². The molecule has 0 amide bonds. The predicted octanol–water partition coefficient (Wildman–Crippen LogP) is 6.32. The first-order valence-corrected chi connectivity index (χ1v) is 13.8. The molecule has 2 fully saturated rings. The maximum absolute atomic E-state index is 15.5. The molecule has 0 atom stereocenters.